The Balaban J connectivity index is 2.46. The number of ether oxygens (including phenoxy) is 2. The molecule has 96 valence electrons. The molecule has 0 aliphatic heterocycles. The lowest BCUT2D eigenvalue weighted by Gasteiger charge is -2.07. The van der Waals surface area contributed by atoms with E-state index in [0.717, 1.165) is 11.0 Å². The van der Waals surface area contributed by atoms with Crippen molar-refractivity contribution in [2.45, 2.75) is 0 Å². The minimum atomic E-state index is -0.516. The van der Waals surface area contributed by atoms with Crippen LogP contribution >= 0.6 is 0 Å². The summed E-state index contributed by atoms with van der Waals surface area (Å²) in [6.07, 6.45) is 1.56. The average Bonchev–Trinajstić information content (AvgIpc) is 2.90. The second-order valence-electron chi connectivity index (χ2n) is 3.91. The topological polar surface area (TPSA) is 65.7 Å². The SMILES string of the molecule is COC(=O)c1ncn2c1c(OC)nc1ccccc12. The van der Waals surface area contributed by atoms with Crippen LogP contribution in [0.3, 0.4) is 0 Å². The molecule has 0 N–H and O–H groups in total. The van der Waals surface area contributed by atoms with Crippen LogP contribution in [0.2, 0.25) is 0 Å². The van der Waals surface area contributed by atoms with Gasteiger partial charge in [-0.05, 0) is 12.1 Å². The lowest BCUT2D eigenvalue weighted by Crippen LogP contribution is -2.04. The maximum Gasteiger partial charge on any atom is 0.359 e. The first kappa shape index (κ1) is 11.5. The van der Waals surface area contributed by atoms with Crippen molar-refractivity contribution in [2.75, 3.05) is 14.2 Å². The Morgan fingerprint density at radius 1 is 1.26 bits per heavy atom. The van der Waals surface area contributed by atoms with Gasteiger partial charge in [0.25, 0.3) is 0 Å². The molecule has 0 fully saturated rings. The quantitative estimate of drug-likeness (QED) is 0.653. The molecule has 2 heterocycles. The molecule has 0 atom stereocenters. The van der Waals surface area contributed by atoms with E-state index in [0.29, 0.717) is 11.4 Å². The molecule has 0 unspecified atom stereocenters. The van der Waals surface area contributed by atoms with E-state index in [2.05, 4.69) is 9.97 Å². The molecule has 0 amide bonds. The summed E-state index contributed by atoms with van der Waals surface area (Å²) in [6.45, 7) is 0. The predicted molar refractivity (Wildman–Crippen MR) is 68.4 cm³/mol. The third kappa shape index (κ3) is 1.61. The number of aromatic nitrogens is 3. The number of fused-ring (bicyclic) bond motifs is 3. The number of carbonyl (C=O) groups is 1. The summed E-state index contributed by atoms with van der Waals surface area (Å²) in [4.78, 5) is 20.2. The van der Waals surface area contributed by atoms with Gasteiger partial charge in [-0.15, -0.1) is 0 Å². The smallest absolute Gasteiger partial charge is 0.359 e. The normalized spacial score (nSPS) is 10.8. The molecule has 19 heavy (non-hydrogen) atoms. The molecule has 6 nitrogen and oxygen atoms in total. The number of methoxy groups -OCH3 is 2. The van der Waals surface area contributed by atoms with Gasteiger partial charge in [-0.2, -0.15) is 0 Å². The Bertz CT molecular complexity index is 779. The molecule has 0 radical (unpaired) electrons. The zero-order valence-corrected chi connectivity index (χ0v) is 10.5. The van der Waals surface area contributed by atoms with Gasteiger partial charge in [0.15, 0.2) is 5.69 Å². The molecule has 3 rings (SSSR count). The van der Waals surface area contributed by atoms with Crippen LogP contribution in [0.5, 0.6) is 5.88 Å². The summed E-state index contributed by atoms with van der Waals surface area (Å²) in [5, 5.41) is 0. The van der Waals surface area contributed by atoms with Gasteiger partial charge >= 0.3 is 5.97 Å². The van der Waals surface area contributed by atoms with Crippen molar-refractivity contribution < 1.29 is 14.3 Å². The Labute approximate surface area is 108 Å². The van der Waals surface area contributed by atoms with Crippen molar-refractivity contribution in [2.24, 2.45) is 0 Å². The summed E-state index contributed by atoms with van der Waals surface area (Å²) in [7, 11) is 2.82. The zero-order valence-electron chi connectivity index (χ0n) is 10.5. The first-order chi connectivity index (χ1) is 9.26. The predicted octanol–water partition coefficient (Wildman–Crippen LogP) is 1.68. The minimum absolute atomic E-state index is 0.192. The largest absolute Gasteiger partial charge is 0.479 e. The molecule has 0 saturated heterocycles. The number of nitrogens with zero attached hydrogens (tertiary/aromatic N) is 3. The van der Waals surface area contributed by atoms with Crippen LogP contribution in [0.1, 0.15) is 10.5 Å². The number of hydrogen-bond acceptors (Lipinski definition) is 5. The fourth-order valence-electron chi connectivity index (χ4n) is 2.05. The maximum atomic E-state index is 11.7. The highest BCUT2D eigenvalue weighted by atomic mass is 16.5. The third-order valence-corrected chi connectivity index (χ3v) is 2.91. The van der Waals surface area contributed by atoms with Crippen molar-refractivity contribution in [1.82, 2.24) is 14.4 Å². The van der Waals surface area contributed by atoms with E-state index >= 15 is 0 Å². The maximum absolute atomic E-state index is 11.7. The van der Waals surface area contributed by atoms with Crippen LogP contribution in [-0.4, -0.2) is 34.6 Å². The number of para-hydroxylation sites is 2. The molecular weight excluding hydrogens is 246 g/mol. The van der Waals surface area contributed by atoms with Gasteiger partial charge in [0.1, 0.15) is 11.8 Å². The summed E-state index contributed by atoms with van der Waals surface area (Å²) in [5.74, 6) is -0.172. The van der Waals surface area contributed by atoms with Crippen molar-refractivity contribution in [1.29, 1.82) is 0 Å². The molecule has 6 heteroatoms. The fourth-order valence-corrected chi connectivity index (χ4v) is 2.05. The molecule has 0 spiro atoms. The molecule has 1 aromatic carbocycles. The monoisotopic (exact) mass is 257 g/mol. The van der Waals surface area contributed by atoms with Crippen LogP contribution in [0, 0.1) is 0 Å². The first-order valence-corrected chi connectivity index (χ1v) is 5.64. The standard InChI is InChI=1S/C13H11N3O3/c1-18-12-11-10(13(17)19-2)14-7-16(11)9-6-4-3-5-8(9)15-12/h3-7H,1-2H3. The Hall–Kier alpha value is -2.63. The van der Waals surface area contributed by atoms with Gasteiger partial charge in [-0.3, -0.25) is 4.40 Å². The van der Waals surface area contributed by atoms with E-state index in [4.69, 9.17) is 9.47 Å². The summed E-state index contributed by atoms with van der Waals surface area (Å²) < 4.78 is 11.7. The second kappa shape index (κ2) is 4.24. The first-order valence-electron chi connectivity index (χ1n) is 5.64. The molecule has 0 saturated carbocycles. The van der Waals surface area contributed by atoms with Crippen LogP contribution in [-0.2, 0) is 4.74 Å². The molecule has 2 aromatic heterocycles. The van der Waals surface area contributed by atoms with Crippen molar-refractivity contribution >= 4 is 22.5 Å². The van der Waals surface area contributed by atoms with Gasteiger partial charge in [0, 0.05) is 0 Å². The second-order valence-corrected chi connectivity index (χ2v) is 3.91. The lowest BCUT2D eigenvalue weighted by molar-refractivity contribution is 0.0596. The number of carbonyl (C=O) groups excluding carboxylic acids is 1. The minimum Gasteiger partial charge on any atom is -0.479 e. The highest BCUT2D eigenvalue weighted by Gasteiger charge is 2.20. The van der Waals surface area contributed by atoms with Crippen molar-refractivity contribution in [3.63, 3.8) is 0 Å². The zero-order chi connectivity index (χ0) is 13.4. The van der Waals surface area contributed by atoms with Gasteiger partial charge in [-0.25, -0.2) is 14.8 Å². The molecule has 0 bridgehead atoms. The van der Waals surface area contributed by atoms with Gasteiger partial charge < -0.3 is 9.47 Å². The lowest BCUT2D eigenvalue weighted by atomic mass is 10.3. The van der Waals surface area contributed by atoms with E-state index in [1.807, 2.05) is 24.3 Å². The van der Waals surface area contributed by atoms with E-state index in [-0.39, 0.29) is 5.69 Å². The highest BCUT2D eigenvalue weighted by Crippen LogP contribution is 2.26. The highest BCUT2D eigenvalue weighted by molar-refractivity contribution is 5.98. The average molecular weight is 257 g/mol. The number of rotatable bonds is 2. The van der Waals surface area contributed by atoms with Gasteiger partial charge in [0.2, 0.25) is 5.88 Å². The van der Waals surface area contributed by atoms with Gasteiger partial charge in [-0.1, -0.05) is 12.1 Å². The summed E-state index contributed by atoms with van der Waals surface area (Å²) in [5.41, 5.74) is 2.31. The summed E-state index contributed by atoms with van der Waals surface area (Å²) in [6, 6.07) is 7.55. The molecule has 0 aliphatic carbocycles. The van der Waals surface area contributed by atoms with E-state index in [1.165, 1.54) is 14.2 Å². The van der Waals surface area contributed by atoms with Crippen LogP contribution < -0.4 is 4.74 Å². The van der Waals surface area contributed by atoms with Crippen molar-refractivity contribution in [3.8, 4) is 5.88 Å². The number of hydrogen-bond donors (Lipinski definition) is 0. The molecular formula is C13H11N3O3. The summed E-state index contributed by atoms with van der Waals surface area (Å²) >= 11 is 0. The Morgan fingerprint density at radius 3 is 2.79 bits per heavy atom. The Kier molecular flexibility index (Phi) is 2.56. The van der Waals surface area contributed by atoms with Gasteiger partial charge in [0.05, 0.1) is 25.3 Å². The fraction of sp³-hybridized carbons (Fsp3) is 0.154. The van der Waals surface area contributed by atoms with Crippen LogP contribution in [0.4, 0.5) is 0 Å². The van der Waals surface area contributed by atoms with Crippen molar-refractivity contribution in [3.05, 3.63) is 36.3 Å². The number of imidazole rings is 1. The van der Waals surface area contributed by atoms with Crippen LogP contribution in [0.25, 0.3) is 16.6 Å². The van der Waals surface area contributed by atoms with E-state index < -0.39 is 5.97 Å². The number of esters is 1. The van der Waals surface area contributed by atoms with E-state index in [1.54, 1.807) is 10.7 Å². The Morgan fingerprint density at radius 2 is 2.05 bits per heavy atom. The molecule has 0 aliphatic rings. The third-order valence-electron chi connectivity index (χ3n) is 2.91. The number of benzene rings is 1. The van der Waals surface area contributed by atoms with E-state index in [9.17, 15) is 4.79 Å². The molecule has 3 aromatic rings. The van der Waals surface area contributed by atoms with Crippen LogP contribution in [0.15, 0.2) is 30.6 Å².